The number of hydrogen-bond donors (Lipinski definition) is 1. The molecule has 1 atom stereocenters. The van der Waals surface area contributed by atoms with Gasteiger partial charge in [-0.15, -0.1) is 0 Å². The molecule has 0 spiro atoms. The van der Waals surface area contributed by atoms with Gasteiger partial charge in [-0.05, 0) is 87.2 Å². The lowest BCUT2D eigenvalue weighted by Crippen LogP contribution is -2.39. The molecule has 35 heavy (non-hydrogen) atoms. The van der Waals surface area contributed by atoms with Gasteiger partial charge in [0.2, 0.25) is 5.88 Å². The quantitative estimate of drug-likeness (QED) is 0.378. The van der Waals surface area contributed by atoms with E-state index in [2.05, 4.69) is 54.7 Å². The Kier molecular flexibility index (Phi) is 7.67. The molecule has 0 aliphatic carbocycles. The molecule has 2 aromatic carbocycles. The summed E-state index contributed by atoms with van der Waals surface area (Å²) in [6.45, 7) is 8.78. The average Bonchev–Trinajstić information content (AvgIpc) is 2.87. The monoisotopic (exact) mass is 491 g/mol. The van der Waals surface area contributed by atoms with Gasteiger partial charge in [-0.25, -0.2) is 4.98 Å². The van der Waals surface area contributed by atoms with Crippen LogP contribution in [0.4, 0.5) is 5.69 Å². The van der Waals surface area contributed by atoms with Gasteiger partial charge in [0, 0.05) is 35.3 Å². The number of benzene rings is 2. The molecule has 1 amide bonds. The molecule has 0 bridgehead atoms. The van der Waals surface area contributed by atoms with Crippen LogP contribution in [-0.2, 0) is 6.42 Å². The van der Waals surface area contributed by atoms with E-state index < -0.39 is 0 Å². The normalized spacial score (nSPS) is 16.2. The molecule has 0 fully saturated rings. The van der Waals surface area contributed by atoms with Gasteiger partial charge in [0.25, 0.3) is 5.91 Å². The van der Waals surface area contributed by atoms with Crippen molar-refractivity contribution in [2.75, 3.05) is 18.6 Å². The first kappa shape index (κ1) is 25.1. The number of carbonyl (C=O) groups is 1. The number of aromatic nitrogens is 1. The zero-order valence-electron chi connectivity index (χ0n) is 21.0. The molecule has 0 unspecified atom stereocenters. The average molecular weight is 492 g/mol. The zero-order valence-corrected chi connectivity index (χ0v) is 21.8. The number of carbonyl (C=O) groups excluding carboxylic acids is 1. The Morgan fingerprint density at radius 2 is 1.89 bits per heavy atom. The largest absolute Gasteiger partial charge is 0.497 e. The molecule has 0 saturated heterocycles. The minimum Gasteiger partial charge on any atom is -0.497 e. The summed E-state index contributed by atoms with van der Waals surface area (Å²) in [6.07, 6.45) is 3.39. The Morgan fingerprint density at radius 3 is 2.51 bits per heavy atom. The Bertz CT molecular complexity index is 1160. The van der Waals surface area contributed by atoms with E-state index in [0.717, 1.165) is 34.7 Å². The summed E-state index contributed by atoms with van der Waals surface area (Å²) in [6, 6.07) is 18.0. The number of hydrogen-bond acceptors (Lipinski definition) is 6. The predicted molar refractivity (Wildman–Crippen MR) is 141 cm³/mol. The molecule has 0 saturated carbocycles. The predicted octanol–water partition coefficient (Wildman–Crippen LogP) is 6.22. The van der Waals surface area contributed by atoms with Crippen LogP contribution in [0.2, 0.25) is 0 Å². The number of methoxy groups -OCH3 is 1. The Morgan fingerprint density at radius 1 is 1.17 bits per heavy atom. The SMILES string of the molecule is CCc1ccc(SN[C@H]2CC(C)(C)Oc3ncc(C(=O)N(CC)c4ccc(OC)cc4)cc32)cc1. The van der Waals surface area contributed by atoms with Crippen molar-refractivity contribution < 1.29 is 14.3 Å². The fraction of sp³-hybridized carbons (Fsp3) is 0.357. The summed E-state index contributed by atoms with van der Waals surface area (Å²) in [5.41, 5.74) is 3.20. The highest BCUT2D eigenvalue weighted by molar-refractivity contribution is 7.97. The number of nitrogens with zero attached hydrogens (tertiary/aromatic N) is 2. The third kappa shape index (κ3) is 5.80. The number of rotatable bonds is 8. The molecular formula is C28H33N3O3S. The molecule has 184 valence electrons. The van der Waals surface area contributed by atoms with Crippen LogP contribution in [0.15, 0.2) is 65.7 Å². The Balaban J connectivity index is 1.58. The van der Waals surface area contributed by atoms with E-state index in [0.29, 0.717) is 18.0 Å². The van der Waals surface area contributed by atoms with Crippen LogP contribution < -0.4 is 19.1 Å². The maximum Gasteiger partial charge on any atom is 0.259 e. The minimum absolute atomic E-state index is 0.0130. The van der Waals surface area contributed by atoms with E-state index in [1.54, 1.807) is 30.2 Å². The molecule has 4 rings (SSSR count). The fourth-order valence-electron chi connectivity index (χ4n) is 4.22. The number of nitrogens with one attached hydrogen (secondary N) is 1. The summed E-state index contributed by atoms with van der Waals surface area (Å²) >= 11 is 1.60. The highest BCUT2D eigenvalue weighted by Gasteiger charge is 2.35. The van der Waals surface area contributed by atoms with Crippen molar-refractivity contribution in [3.05, 3.63) is 77.5 Å². The van der Waals surface area contributed by atoms with E-state index in [1.807, 2.05) is 37.3 Å². The highest BCUT2D eigenvalue weighted by atomic mass is 32.2. The molecule has 1 aromatic heterocycles. The second-order valence-corrected chi connectivity index (χ2v) is 10.1. The number of ether oxygens (including phenoxy) is 2. The van der Waals surface area contributed by atoms with Gasteiger partial charge in [0.1, 0.15) is 11.4 Å². The van der Waals surface area contributed by atoms with Crippen LogP contribution in [-0.4, -0.2) is 30.1 Å². The van der Waals surface area contributed by atoms with E-state index >= 15 is 0 Å². The molecule has 1 aliphatic rings. The molecular weight excluding hydrogens is 458 g/mol. The summed E-state index contributed by atoms with van der Waals surface area (Å²) < 4.78 is 15.0. The Labute approximate surface area is 212 Å². The first-order chi connectivity index (χ1) is 16.8. The first-order valence-electron chi connectivity index (χ1n) is 12.0. The molecule has 2 heterocycles. The smallest absolute Gasteiger partial charge is 0.259 e. The van der Waals surface area contributed by atoms with Crippen molar-refractivity contribution in [1.29, 1.82) is 0 Å². The summed E-state index contributed by atoms with van der Waals surface area (Å²) in [7, 11) is 1.63. The number of pyridine rings is 1. The summed E-state index contributed by atoms with van der Waals surface area (Å²) in [5, 5.41) is 0. The maximum atomic E-state index is 13.5. The molecule has 6 nitrogen and oxygen atoms in total. The zero-order chi connectivity index (χ0) is 25.0. The van der Waals surface area contributed by atoms with Gasteiger partial charge in [-0.2, -0.15) is 0 Å². The van der Waals surface area contributed by atoms with Gasteiger partial charge in [0.05, 0.1) is 18.7 Å². The van der Waals surface area contributed by atoms with Crippen LogP contribution >= 0.6 is 11.9 Å². The minimum atomic E-state index is -0.367. The summed E-state index contributed by atoms with van der Waals surface area (Å²) in [5.74, 6) is 1.23. The van der Waals surface area contributed by atoms with Gasteiger partial charge >= 0.3 is 0 Å². The summed E-state index contributed by atoms with van der Waals surface area (Å²) in [4.78, 5) is 20.9. The third-order valence-corrected chi connectivity index (χ3v) is 7.08. The lowest BCUT2D eigenvalue weighted by molar-refractivity contribution is 0.0644. The second kappa shape index (κ2) is 10.7. The lowest BCUT2D eigenvalue weighted by atomic mass is 9.91. The standard InChI is InChI=1S/C28H33N3O3S/c1-6-19-8-14-23(15-9-19)35-30-25-17-28(3,4)34-26-24(25)16-20(18-29-26)27(32)31(7-2)21-10-12-22(33-5)13-11-21/h8-16,18,25,30H,6-7,17H2,1-5H3/t25-/m0/s1. The third-order valence-electron chi connectivity index (χ3n) is 6.17. The topological polar surface area (TPSA) is 63.7 Å². The van der Waals surface area contributed by atoms with E-state index in [9.17, 15) is 4.79 Å². The number of aryl methyl sites for hydroxylation is 1. The number of anilines is 1. The molecule has 3 aromatic rings. The van der Waals surface area contributed by atoms with Crippen molar-refractivity contribution in [2.45, 2.75) is 57.1 Å². The van der Waals surface area contributed by atoms with Crippen molar-refractivity contribution >= 4 is 23.5 Å². The van der Waals surface area contributed by atoms with E-state index in [-0.39, 0.29) is 17.6 Å². The second-order valence-electron chi connectivity index (χ2n) is 9.20. The van der Waals surface area contributed by atoms with Crippen LogP contribution in [0.25, 0.3) is 0 Å². The highest BCUT2D eigenvalue weighted by Crippen LogP contribution is 2.40. The van der Waals surface area contributed by atoms with Crippen LogP contribution in [0, 0.1) is 0 Å². The van der Waals surface area contributed by atoms with Crippen molar-refractivity contribution in [1.82, 2.24) is 9.71 Å². The van der Waals surface area contributed by atoms with Crippen LogP contribution in [0.1, 0.15) is 61.6 Å². The van der Waals surface area contributed by atoms with Gasteiger partial charge in [-0.1, -0.05) is 19.1 Å². The van der Waals surface area contributed by atoms with Gasteiger partial charge in [0.15, 0.2) is 0 Å². The molecule has 1 N–H and O–H groups in total. The van der Waals surface area contributed by atoms with Crippen LogP contribution in [0.3, 0.4) is 0 Å². The number of fused-ring (bicyclic) bond motifs is 1. The van der Waals surface area contributed by atoms with Gasteiger partial charge in [-0.3, -0.25) is 9.52 Å². The first-order valence-corrected chi connectivity index (χ1v) is 12.8. The van der Waals surface area contributed by atoms with Crippen molar-refractivity contribution in [3.63, 3.8) is 0 Å². The van der Waals surface area contributed by atoms with Gasteiger partial charge < -0.3 is 14.4 Å². The molecule has 1 aliphatic heterocycles. The molecule has 0 radical (unpaired) electrons. The van der Waals surface area contributed by atoms with Crippen molar-refractivity contribution in [2.24, 2.45) is 0 Å². The van der Waals surface area contributed by atoms with Crippen LogP contribution in [0.5, 0.6) is 11.6 Å². The fourth-order valence-corrected chi connectivity index (χ4v) is 4.99. The van der Waals surface area contributed by atoms with E-state index in [1.165, 1.54) is 5.56 Å². The lowest BCUT2D eigenvalue weighted by Gasteiger charge is -2.37. The molecule has 7 heteroatoms. The van der Waals surface area contributed by atoms with E-state index in [4.69, 9.17) is 9.47 Å². The number of amides is 1. The van der Waals surface area contributed by atoms with Crippen molar-refractivity contribution in [3.8, 4) is 11.6 Å². The Hall–Kier alpha value is -3.03. The maximum absolute atomic E-state index is 13.5.